The number of ketones is 1. The van der Waals surface area contributed by atoms with Crippen LogP contribution in [0.5, 0.6) is 0 Å². The summed E-state index contributed by atoms with van der Waals surface area (Å²) in [4.78, 5) is 27.6. The number of Topliss-reactive ketones (excluding diaryl/α,β-unsaturated/α-hetero) is 1. The van der Waals surface area contributed by atoms with Gasteiger partial charge in [-0.2, -0.15) is 0 Å². The summed E-state index contributed by atoms with van der Waals surface area (Å²) >= 11 is 2.44. The van der Waals surface area contributed by atoms with Gasteiger partial charge in [-0.15, -0.1) is 21.5 Å². The Hall–Kier alpha value is -2.84. The van der Waals surface area contributed by atoms with Gasteiger partial charge in [-0.1, -0.05) is 47.2 Å². The van der Waals surface area contributed by atoms with Crippen LogP contribution in [-0.2, 0) is 4.79 Å². The largest absolute Gasteiger partial charge is 0.503 e. The fourth-order valence-corrected chi connectivity index (χ4v) is 4.17. The second kappa shape index (κ2) is 6.47. The zero-order valence-corrected chi connectivity index (χ0v) is 15.3. The molecule has 130 valence electrons. The molecule has 0 radical (unpaired) electrons. The zero-order chi connectivity index (χ0) is 18.3. The third-order valence-corrected chi connectivity index (χ3v) is 5.70. The number of carbonyl (C=O) groups is 2. The van der Waals surface area contributed by atoms with E-state index in [1.165, 1.54) is 33.1 Å². The first-order valence-corrected chi connectivity index (χ1v) is 9.51. The summed E-state index contributed by atoms with van der Waals surface area (Å²) in [5.41, 5.74) is 3.35. The quantitative estimate of drug-likeness (QED) is 0.695. The van der Waals surface area contributed by atoms with Gasteiger partial charge in [0.25, 0.3) is 5.91 Å². The first-order valence-electron chi connectivity index (χ1n) is 7.75. The van der Waals surface area contributed by atoms with Crippen LogP contribution in [0.15, 0.2) is 58.6 Å². The van der Waals surface area contributed by atoms with Crippen molar-refractivity contribution >= 4 is 39.5 Å². The highest BCUT2D eigenvalue weighted by molar-refractivity contribution is 7.13. The van der Waals surface area contributed by atoms with Crippen molar-refractivity contribution in [1.82, 2.24) is 10.2 Å². The molecule has 0 bridgehead atoms. The van der Waals surface area contributed by atoms with E-state index in [1.807, 2.05) is 31.2 Å². The van der Waals surface area contributed by atoms with Crippen molar-refractivity contribution < 1.29 is 14.7 Å². The van der Waals surface area contributed by atoms with Crippen molar-refractivity contribution in [3.8, 4) is 0 Å². The predicted molar refractivity (Wildman–Crippen MR) is 99.6 cm³/mol. The van der Waals surface area contributed by atoms with E-state index in [1.54, 1.807) is 17.5 Å². The molecule has 1 N–H and O–H groups in total. The van der Waals surface area contributed by atoms with E-state index in [-0.39, 0.29) is 11.4 Å². The first-order chi connectivity index (χ1) is 12.6. The lowest BCUT2D eigenvalue weighted by Crippen LogP contribution is -2.31. The van der Waals surface area contributed by atoms with E-state index in [0.717, 1.165) is 11.1 Å². The highest BCUT2D eigenvalue weighted by Gasteiger charge is 2.45. The van der Waals surface area contributed by atoms with Gasteiger partial charge in [-0.3, -0.25) is 14.5 Å². The van der Waals surface area contributed by atoms with E-state index in [4.69, 9.17) is 0 Å². The number of benzene rings is 1. The number of carbonyl (C=O) groups excluding carboxylic acids is 2. The molecule has 1 amide bonds. The van der Waals surface area contributed by atoms with E-state index in [2.05, 4.69) is 10.2 Å². The molecular formula is C18H13N3O3S2. The van der Waals surface area contributed by atoms with Crippen molar-refractivity contribution in [2.75, 3.05) is 4.90 Å². The van der Waals surface area contributed by atoms with Gasteiger partial charge in [0.1, 0.15) is 5.51 Å². The maximum atomic E-state index is 13.0. The number of thiophene rings is 1. The molecule has 26 heavy (non-hydrogen) atoms. The van der Waals surface area contributed by atoms with Gasteiger partial charge in [0.05, 0.1) is 16.5 Å². The molecular weight excluding hydrogens is 370 g/mol. The number of aryl methyl sites for hydroxylation is 1. The van der Waals surface area contributed by atoms with Crippen LogP contribution in [0.1, 0.15) is 26.8 Å². The van der Waals surface area contributed by atoms with Crippen molar-refractivity contribution in [1.29, 1.82) is 0 Å². The summed E-state index contributed by atoms with van der Waals surface area (Å²) in [5, 5.41) is 20.4. The number of aliphatic hydroxyl groups is 1. The van der Waals surface area contributed by atoms with Gasteiger partial charge in [0.2, 0.25) is 10.9 Å². The van der Waals surface area contributed by atoms with E-state index in [9.17, 15) is 14.7 Å². The molecule has 6 nitrogen and oxygen atoms in total. The molecule has 2 aromatic heterocycles. The molecule has 0 aliphatic carbocycles. The molecule has 1 aliphatic heterocycles. The van der Waals surface area contributed by atoms with E-state index >= 15 is 0 Å². The van der Waals surface area contributed by atoms with Crippen LogP contribution in [0, 0.1) is 6.92 Å². The minimum Gasteiger partial charge on any atom is -0.503 e. The molecule has 8 heteroatoms. The van der Waals surface area contributed by atoms with Crippen LogP contribution < -0.4 is 4.90 Å². The van der Waals surface area contributed by atoms with Crippen LogP contribution >= 0.6 is 22.7 Å². The summed E-state index contributed by atoms with van der Waals surface area (Å²) in [5.74, 6) is -1.54. The summed E-state index contributed by atoms with van der Waals surface area (Å²) in [7, 11) is 0. The molecule has 3 heterocycles. The highest BCUT2D eigenvalue weighted by Crippen LogP contribution is 2.42. The molecule has 1 aliphatic rings. The van der Waals surface area contributed by atoms with Crippen LogP contribution in [0.2, 0.25) is 0 Å². The number of anilines is 1. The van der Waals surface area contributed by atoms with Gasteiger partial charge in [0, 0.05) is 0 Å². The normalized spacial score (nSPS) is 17.2. The van der Waals surface area contributed by atoms with E-state index in [0.29, 0.717) is 10.0 Å². The van der Waals surface area contributed by atoms with Crippen LogP contribution in [0.25, 0.3) is 0 Å². The summed E-state index contributed by atoms with van der Waals surface area (Å²) < 4.78 is 0. The second-order valence-electron chi connectivity index (χ2n) is 5.78. The molecule has 0 fully saturated rings. The monoisotopic (exact) mass is 383 g/mol. The standard InChI is InChI=1S/C18H13N3O3S2/c1-10-4-6-11(7-5-10)14-13(15(22)12-3-2-8-25-12)16(23)17(24)21(14)18-20-19-9-26-18/h2-9,14,23H,1H3. The number of amides is 1. The van der Waals surface area contributed by atoms with E-state index < -0.39 is 17.7 Å². The minimum atomic E-state index is -0.745. The first kappa shape index (κ1) is 16.6. The number of rotatable bonds is 4. The Morgan fingerprint density at radius 2 is 1.96 bits per heavy atom. The fraction of sp³-hybridized carbons (Fsp3) is 0.111. The number of aromatic nitrogens is 2. The lowest BCUT2D eigenvalue weighted by atomic mass is 9.95. The average Bonchev–Trinajstić information content (AvgIpc) is 3.38. The van der Waals surface area contributed by atoms with Crippen LogP contribution in [0.4, 0.5) is 5.13 Å². The average molecular weight is 383 g/mol. The molecule has 0 spiro atoms. The minimum absolute atomic E-state index is 0.0662. The van der Waals surface area contributed by atoms with Crippen LogP contribution in [0.3, 0.4) is 0 Å². The highest BCUT2D eigenvalue weighted by atomic mass is 32.1. The third kappa shape index (κ3) is 2.63. The van der Waals surface area contributed by atoms with Crippen molar-refractivity contribution in [2.24, 2.45) is 0 Å². The summed E-state index contributed by atoms with van der Waals surface area (Å²) in [6.07, 6.45) is 0. The van der Waals surface area contributed by atoms with Gasteiger partial charge >= 0.3 is 0 Å². The van der Waals surface area contributed by atoms with Gasteiger partial charge in [-0.05, 0) is 23.9 Å². The Morgan fingerprint density at radius 1 is 1.19 bits per heavy atom. The summed E-state index contributed by atoms with van der Waals surface area (Å²) in [6.45, 7) is 1.96. The maximum Gasteiger partial charge on any atom is 0.296 e. The molecule has 1 aromatic carbocycles. The molecule has 0 saturated heterocycles. The number of hydrogen-bond donors (Lipinski definition) is 1. The molecule has 0 saturated carbocycles. The Morgan fingerprint density at radius 3 is 2.58 bits per heavy atom. The third-order valence-electron chi connectivity index (χ3n) is 4.15. The molecule has 4 rings (SSSR count). The second-order valence-corrected chi connectivity index (χ2v) is 7.54. The topological polar surface area (TPSA) is 83.4 Å². The Labute approximate surface area is 157 Å². The molecule has 3 aromatic rings. The molecule has 1 unspecified atom stereocenters. The SMILES string of the molecule is Cc1ccc(C2C(C(=O)c3cccs3)=C(O)C(=O)N2c2nncs2)cc1. The Balaban J connectivity index is 1.88. The Bertz CT molecular complexity index is 993. The van der Waals surface area contributed by atoms with Gasteiger partial charge in [-0.25, -0.2) is 0 Å². The predicted octanol–water partition coefficient (Wildman–Crippen LogP) is 3.69. The van der Waals surface area contributed by atoms with Crippen molar-refractivity contribution in [3.05, 3.63) is 74.6 Å². The smallest absolute Gasteiger partial charge is 0.296 e. The number of hydrogen-bond acceptors (Lipinski definition) is 7. The van der Waals surface area contributed by atoms with Crippen LogP contribution in [-0.4, -0.2) is 27.0 Å². The molecule has 1 atom stereocenters. The fourth-order valence-electron chi connectivity index (χ4n) is 2.91. The zero-order valence-electron chi connectivity index (χ0n) is 13.6. The van der Waals surface area contributed by atoms with Crippen molar-refractivity contribution in [3.63, 3.8) is 0 Å². The number of nitrogens with zero attached hydrogens (tertiary/aromatic N) is 3. The van der Waals surface area contributed by atoms with Gasteiger partial charge in [0.15, 0.2) is 5.76 Å². The lowest BCUT2D eigenvalue weighted by molar-refractivity contribution is -0.117. The maximum absolute atomic E-state index is 13.0. The number of aliphatic hydroxyl groups excluding tert-OH is 1. The Kier molecular flexibility index (Phi) is 4.14. The lowest BCUT2D eigenvalue weighted by Gasteiger charge is -2.24. The summed E-state index contributed by atoms with van der Waals surface area (Å²) in [6, 6.07) is 10.2. The van der Waals surface area contributed by atoms with Crippen molar-refractivity contribution in [2.45, 2.75) is 13.0 Å². The van der Waals surface area contributed by atoms with Gasteiger partial charge < -0.3 is 5.11 Å².